The number of aryl methyl sites for hydroxylation is 1. The first-order valence-electron chi connectivity index (χ1n) is 12.2. The number of ketones is 1. The fourth-order valence-electron chi connectivity index (χ4n) is 5.35. The van der Waals surface area contributed by atoms with Gasteiger partial charge in [0.25, 0.3) is 10.1 Å². The van der Waals surface area contributed by atoms with E-state index in [1.165, 1.54) is 0 Å². The Balaban J connectivity index is 0.000000514. The number of benzene rings is 3. The number of para-hydroxylation sites is 1. The molecule has 8 nitrogen and oxygen atoms in total. The number of aromatic nitrogens is 1. The monoisotopic (exact) mass is 522 g/mol. The molecule has 2 N–H and O–H groups in total. The molecular formula is C28H30N2O6S. The van der Waals surface area contributed by atoms with Gasteiger partial charge in [-0.1, -0.05) is 54.6 Å². The van der Waals surface area contributed by atoms with Crippen molar-refractivity contribution in [2.45, 2.75) is 31.6 Å². The Hall–Kier alpha value is -3.24. The molecule has 2 aliphatic heterocycles. The van der Waals surface area contributed by atoms with Crippen molar-refractivity contribution >= 4 is 37.6 Å². The topological polar surface area (TPSA) is 107 Å². The fraction of sp³-hybridized carbons (Fsp3) is 0.321. The maximum Gasteiger partial charge on any atom is 0.261 e. The summed E-state index contributed by atoms with van der Waals surface area (Å²) in [5.41, 5.74) is 2.92. The third kappa shape index (κ3) is 5.40. The molecule has 4 aromatic rings. The summed E-state index contributed by atoms with van der Waals surface area (Å²) in [4.78, 5) is 14.0. The minimum atomic E-state index is -3.67. The number of nitrogens with zero attached hydrogens (tertiary/aromatic N) is 1. The summed E-state index contributed by atoms with van der Waals surface area (Å²) >= 11 is 0. The lowest BCUT2D eigenvalue weighted by Crippen LogP contribution is -2.45. The van der Waals surface area contributed by atoms with Crippen LogP contribution in [0.1, 0.15) is 28.5 Å². The molecule has 9 heteroatoms. The Bertz CT molecular complexity index is 1540. The average molecular weight is 523 g/mol. The number of Topliss-reactive ketones (excluding diaryl/α,β-unsaturated/α-hetero) is 1. The van der Waals surface area contributed by atoms with Gasteiger partial charge in [-0.2, -0.15) is 8.42 Å². The molecule has 3 unspecified atom stereocenters. The van der Waals surface area contributed by atoms with Crippen molar-refractivity contribution in [3.8, 4) is 5.75 Å². The van der Waals surface area contributed by atoms with Gasteiger partial charge in [-0.05, 0) is 36.2 Å². The summed E-state index contributed by atoms with van der Waals surface area (Å²) in [7, 11) is -3.67. The smallest absolute Gasteiger partial charge is 0.261 e. The second-order valence-corrected chi connectivity index (χ2v) is 11.0. The molecule has 0 saturated carbocycles. The van der Waals surface area contributed by atoms with Gasteiger partial charge >= 0.3 is 0 Å². The van der Waals surface area contributed by atoms with Crippen LogP contribution in [0.5, 0.6) is 5.75 Å². The zero-order chi connectivity index (χ0) is 26.2. The third-order valence-corrected chi connectivity index (χ3v) is 6.77. The van der Waals surface area contributed by atoms with Gasteiger partial charge in [0.15, 0.2) is 6.10 Å². The molecule has 3 heterocycles. The highest BCUT2D eigenvalue weighted by atomic mass is 32.2. The minimum absolute atomic E-state index is 0.0197. The van der Waals surface area contributed by atoms with Gasteiger partial charge in [0, 0.05) is 29.7 Å². The van der Waals surface area contributed by atoms with Crippen LogP contribution in [0.15, 0.2) is 66.7 Å². The first kappa shape index (κ1) is 25.4. The Morgan fingerprint density at radius 3 is 2.54 bits per heavy atom. The second-order valence-electron chi connectivity index (χ2n) is 9.51. The lowest BCUT2D eigenvalue weighted by Gasteiger charge is -2.37. The summed E-state index contributed by atoms with van der Waals surface area (Å²) in [6.45, 7) is 4.46. The highest BCUT2D eigenvalue weighted by Crippen LogP contribution is 2.41. The van der Waals surface area contributed by atoms with Crippen LogP contribution in [0.3, 0.4) is 0 Å². The summed E-state index contributed by atoms with van der Waals surface area (Å²) < 4.78 is 40.7. The van der Waals surface area contributed by atoms with Gasteiger partial charge in [-0.3, -0.25) is 9.35 Å². The molecule has 0 spiro atoms. The van der Waals surface area contributed by atoms with Crippen LogP contribution < -0.4 is 10.1 Å². The minimum Gasteiger partial charge on any atom is -0.478 e. The largest absolute Gasteiger partial charge is 0.478 e. The van der Waals surface area contributed by atoms with Crippen molar-refractivity contribution < 1.29 is 27.2 Å². The van der Waals surface area contributed by atoms with E-state index >= 15 is 0 Å². The standard InChI is InChI=1S/C27H26N2O3.CH4O3S/c1-17-14-19-8-5-11-24-25(19)29(17)23(15-20-16-28-12-13-31-20)27(32-24)26(30)22-10-4-7-18-6-2-3-9-21(18)22;1-5(2,3)4/h2-11,14,20,23,27-28H,12-13,15-16H2,1H3;1H3,(H,2,3,4). The van der Waals surface area contributed by atoms with Crippen molar-refractivity contribution in [1.82, 2.24) is 9.88 Å². The molecule has 37 heavy (non-hydrogen) atoms. The van der Waals surface area contributed by atoms with Crippen LogP contribution >= 0.6 is 0 Å². The number of morpholine rings is 1. The van der Waals surface area contributed by atoms with Gasteiger partial charge < -0.3 is 19.4 Å². The SMILES string of the molecule is CS(=O)(=O)O.Cc1cc2cccc3c2n1C(CC1CNCCO1)C(C(=O)c1cccc2ccccc12)O3. The van der Waals surface area contributed by atoms with Crippen LogP contribution in [-0.4, -0.2) is 61.5 Å². The van der Waals surface area contributed by atoms with Crippen LogP contribution in [0.2, 0.25) is 0 Å². The predicted octanol–water partition coefficient (Wildman–Crippen LogP) is 4.17. The molecule has 6 rings (SSSR count). The summed E-state index contributed by atoms with van der Waals surface area (Å²) in [5.74, 6) is 0.791. The second kappa shape index (κ2) is 10.3. The van der Waals surface area contributed by atoms with Gasteiger partial charge in [-0.15, -0.1) is 0 Å². The summed E-state index contributed by atoms with van der Waals surface area (Å²) in [5, 5.41) is 6.58. The van der Waals surface area contributed by atoms with E-state index in [9.17, 15) is 13.2 Å². The Kier molecular flexibility index (Phi) is 7.04. The normalized spacial score (nSPS) is 21.2. The lowest BCUT2D eigenvalue weighted by molar-refractivity contribution is 0.000611. The zero-order valence-electron chi connectivity index (χ0n) is 20.8. The van der Waals surface area contributed by atoms with Crippen molar-refractivity contribution in [3.63, 3.8) is 0 Å². The van der Waals surface area contributed by atoms with Crippen molar-refractivity contribution in [2.75, 3.05) is 26.0 Å². The zero-order valence-corrected chi connectivity index (χ0v) is 21.6. The van der Waals surface area contributed by atoms with E-state index in [4.69, 9.17) is 14.0 Å². The number of fused-ring (bicyclic) bond motifs is 1. The molecular weight excluding hydrogens is 492 g/mol. The van der Waals surface area contributed by atoms with Gasteiger partial charge in [-0.25, -0.2) is 0 Å². The first-order chi connectivity index (χ1) is 17.7. The third-order valence-electron chi connectivity index (χ3n) is 6.77. The Morgan fingerprint density at radius 2 is 1.78 bits per heavy atom. The molecule has 0 radical (unpaired) electrons. The number of nitrogens with one attached hydrogen (secondary N) is 1. The molecule has 2 aliphatic rings. The van der Waals surface area contributed by atoms with E-state index in [1.54, 1.807) is 0 Å². The molecule has 1 aromatic heterocycles. The molecule has 0 amide bonds. The van der Waals surface area contributed by atoms with Crippen LogP contribution in [0.4, 0.5) is 0 Å². The van der Waals surface area contributed by atoms with Crippen LogP contribution in [0, 0.1) is 6.92 Å². The molecule has 3 aromatic carbocycles. The molecule has 3 atom stereocenters. The molecule has 0 aliphatic carbocycles. The van der Waals surface area contributed by atoms with Gasteiger partial charge in [0.1, 0.15) is 5.75 Å². The maximum atomic E-state index is 14.0. The number of carbonyl (C=O) groups is 1. The summed E-state index contributed by atoms with van der Waals surface area (Å²) in [6.07, 6.45) is 0.859. The summed E-state index contributed by atoms with van der Waals surface area (Å²) in [6, 6.07) is 22.1. The Labute approximate surface area is 215 Å². The van der Waals surface area contributed by atoms with E-state index in [-0.39, 0.29) is 17.9 Å². The van der Waals surface area contributed by atoms with Gasteiger partial charge in [0.2, 0.25) is 5.78 Å². The predicted molar refractivity (Wildman–Crippen MR) is 143 cm³/mol. The van der Waals surface area contributed by atoms with Crippen molar-refractivity contribution in [2.24, 2.45) is 0 Å². The van der Waals surface area contributed by atoms with Crippen molar-refractivity contribution in [3.05, 3.63) is 78.0 Å². The highest BCUT2D eigenvalue weighted by Gasteiger charge is 2.40. The fourth-order valence-corrected chi connectivity index (χ4v) is 5.35. The lowest BCUT2D eigenvalue weighted by atomic mass is 9.91. The quantitative estimate of drug-likeness (QED) is 0.306. The average Bonchev–Trinajstić information content (AvgIpc) is 3.21. The van der Waals surface area contributed by atoms with Crippen LogP contribution in [-0.2, 0) is 14.9 Å². The molecule has 1 fully saturated rings. The first-order valence-corrected chi connectivity index (χ1v) is 14.1. The van der Waals surface area contributed by atoms with Crippen molar-refractivity contribution in [1.29, 1.82) is 0 Å². The molecule has 1 saturated heterocycles. The van der Waals surface area contributed by atoms with E-state index < -0.39 is 16.2 Å². The number of rotatable bonds is 4. The van der Waals surface area contributed by atoms with E-state index in [2.05, 4.69) is 28.9 Å². The maximum absolute atomic E-state index is 14.0. The number of hydrogen-bond donors (Lipinski definition) is 2. The molecule has 0 bridgehead atoms. The van der Waals surface area contributed by atoms with Crippen LogP contribution in [0.25, 0.3) is 21.7 Å². The number of hydrogen-bond acceptors (Lipinski definition) is 6. The van der Waals surface area contributed by atoms with E-state index in [0.717, 1.165) is 46.2 Å². The van der Waals surface area contributed by atoms with E-state index in [1.807, 2.05) is 54.6 Å². The molecule has 194 valence electrons. The Morgan fingerprint density at radius 1 is 1.08 bits per heavy atom. The van der Waals surface area contributed by atoms with Gasteiger partial charge in [0.05, 0.1) is 30.5 Å². The number of ether oxygens (including phenoxy) is 2. The number of carbonyl (C=O) groups excluding carboxylic acids is 1. The highest BCUT2D eigenvalue weighted by molar-refractivity contribution is 7.85. The van der Waals surface area contributed by atoms with E-state index in [0.29, 0.717) is 24.8 Å².